The number of benzene rings is 1. The number of hydrogen-bond donors (Lipinski definition) is 2. The number of fused-ring (bicyclic) bond motifs is 1. The third-order valence-corrected chi connectivity index (χ3v) is 3.16. The summed E-state index contributed by atoms with van der Waals surface area (Å²) in [6.45, 7) is -0.147. The van der Waals surface area contributed by atoms with Crippen molar-refractivity contribution < 1.29 is 18.5 Å². The lowest BCUT2D eigenvalue weighted by atomic mass is 10.0. The molecule has 0 aromatic heterocycles. The summed E-state index contributed by atoms with van der Waals surface area (Å²) in [4.78, 5) is 36.8. The molecule has 1 saturated heterocycles. The van der Waals surface area contributed by atoms with Crippen LogP contribution in [-0.2, 0) is 16.1 Å². The van der Waals surface area contributed by atoms with Gasteiger partial charge in [0.15, 0.2) is 0 Å². The molecule has 98 valence electrons. The quantitative estimate of drug-likeness (QED) is 0.551. The summed E-state index contributed by atoms with van der Waals surface area (Å²) in [5.74, 6) is -2.60. The molecule has 2 heterocycles. The Labute approximate surface area is 113 Å². The molecule has 0 bridgehead atoms. The number of nitrogens with one attached hydrogen (secondary N) is 1. The van der Waals surface area contributed by atoms with Gasteiger partial charge in [-0.25, -0.2) is 0 Å². The zero-order chi connectivity index (χ0) is 16.3. The van der Waals surface area contributed by atoms with Crippen LogP contribution in [0.1, 0.15) is 32.8 Å². The molecule has 1 aromatic rings. The number of carbonyl (C=O) groups excluding carboxylic acids is 3. The van der Waals surface area contributed by atoms with E-state index in [1.807, 2.05) is 5.32 Å². The maximum absolute atomic E-state index is 12.5. The van der Waals surface area contributed by atoms with Crippen molar-refractivity contribution in [2.45, 2.75) is 25.4 Å². The molecule has 0 saturated carbocycles. The fraction of sp³-hybridized carbons (Fsp3) is 0.308. The van der Waals surface area contributed by atoms with E-state index < -0.39 is 36.5 Å². The lowest BCUT2D eigenvalue weighted by Crippen LogP contribution is -2.52. The van der Waals surface area contributed by atoms with Crippen molar-refractivity contribution in [3.63, 3.8) is 0 Å². The van der Waals surface area contributed by atoms with Gasteiger partial charge in [0.25, 0.3) is 5.91 Å². The monoisotopic (exact) mass is 262 g/mol. The predicted molar refractivity (Wildman–Crippen MR) is 66.9 cm³/mol. The first-order chi connectivity index (χ1) is 10.2. The highest BCUT2D eigenvalue weighted by molar-refractivity contribution is 6.06. The van der Waals surface area contributed by atoms with Crippen LogP contribution < -0.4 is 11.1 Å². The van der Waals surface area contributed by atoms with E-state index in [1.165, 1.54) is 6.07 Å². The number of anilines is 1. The highest BCUT2D eigenvalue weighted by atomic mass is 16.2. The summed E-state index contributed by atoms with van der Waals surface area (Å²) < 4.78 is 24.2. The summed E-state index contributed by atoms with van der Waals surface area (Å²) in [5.41, 5.74) is 6.84. The minimum atomic E-state index is -2.52. The van der Waals surface area contributed by atoms with Crippen LogP contribution in [0.5, 0.6) is 0 Å². The van der Waals surface area contributed by atoms with Crippen molar-refractivity contribution in [1.82, 2.24) is 10.2 Å². The van der Waals surface area contributed by atoms with Crippen LogP contribution in [0.15, 0.2) is 18.2 Å². The number of imide groups is 1. The lowest BCUT2D eigenvalue weighted by Gasteiger charge is -2.29. The molecule has 3 amide bonds. The van der Waals surface area contributed by atoms with Gasteiger partial charge in [-0.3, -0.25) is 19.7 Å². The second-order valence-corrected chi connectivity index (χ2v) is 4.34. The minimum Gasteiger partial charge on any atom is -0.398 e. The van der Waals surface area contributed by atoms with Gasteiger partial charge in [0, 0.05) is 32.5 Å². The minimum absolute atomic E-state index is 0.147. The van der Waals surface area contributed by atoms with Gasteiger partial charge in [-0.1, -0.05) is 6.07 Å². The number of nitrogens with two attached hydrogens (primary N) is 1. The van der Waals surface area contributed by atoms with Crippen LogP contribution in [0.4, 0.5) is 5.69 Å². The molecule has 0 spiro atoms. The van der Waals surface area contributed by atoms with Crippen LogP contribution in [-0.4, -0.2) is 28.6 Å². The number of piperidine rings is 1. The smallest absolute Gasteiger partial charge is 0.255 e. The van der Waals surface area contributed by atoms with Crippen LogP contribution in [0.2, 0.25) is 0 Å². The maximum Gasteiger partial charge on any atom is 0.255 e. The molecule has 1 fully saturated rings. The van der Waals surface area contributed by atoms with Gasteiger partial charge in [0.05, 0.1) is 1.37 Å². The molecular formula is C13H13N3O3. The van der Waals surface area contributed by atoms with Gasteiger partial charge in [-0.15, -0.1) is 0 Å². The molecule has 0 radical (unpaired) electrons. The van der Waals surface area contributed by atoms with Gasteiger partial charge in [0.2, 0.25) is 11.8 Å². The molecule has 19 heavy (non-hydrogen) atoms. The summed E-state index contributed by atoms with van der Waals surface area (Å²) in [7, 11) is 0. The van der Waals surface area contributed by atoms with E-state index >= 15 is 0 Å². The SMILES string of the molecule is [2H]C1([2H])CC(=O)NC(=O)C1([2H])N1Cc2c(N)cccc2C1=O. The normalized spacial score (nSPS) is 31.3. The predicted octanol–water partition coefficient (Wildman–Crippen LogP) is 0.0298. The molecule has 6 heteroatoms. The molecule has 1 atom stereocenters. The zero-order valence-corrected chi connectivity index (χ0v) is 9.90. The van der Waals surface area contributed by atoms with E-state index in [0.717, 1.165) is 4.90 Å². The molecular weight excluding hydrogens is 246 g/mol. The van der Waals surface area contributed by atoms with Gasteiger partial charge in [-0.2, -0.15) is 0 Å². The molecule has 1 unspecified atom stereocenters. The van der Waals surface area contributed by atoms with Crippen LogP contribution in [0.3, 0.4) is 0 Å². The Morgan fingerprint density at radius 3 is 2.89 bits per heavy atom. The zero-order valence-electron chi connectivity index (χ0n) is 12.9. The number of nitrogen functional groups attached to an aromatic ring is 1. The second-order valence-electron chi connectivity index (χ2n) is 4.34. The average molecular weight is 262 g/mol. The topological polar surface area (TPSA) is 92.5 Å². The first-order valence-corrected chi connectivity index (χ1v) is 5.72. The van der Waals surface area contributed by atoms with Gasteiger partial charge in [0.1, 0.15) is 6.02 Å². The Morgan fingerprint density at radius 1 is 1.42 bits per heavy atom. The van der Waals surface area contributed by atoms with Crippen molar-refractivity contribution in [2.24, 2.45) is 0 Å². The Hall–Kier alpha value is -2.37. The largest absolute Gasteiger partial charge is 0.398 e. The van der Waals surface area contributed by atoms with Crippen LogP contribution in [0, 0.1) is 0 Å². The Kier molecular flexibility index (Phi) is 1.87. The molecule has 3 N–H and O–H groups in total. The average Bonchev–Trinajstić information content (AvgIpc) is 2.75. The van der Waals surface area contributed by atoms with Crippen molar-refractivity contribution in [2.75, 3.05) is 5.73 Å². The summed E-state index contributed by atoms with van der Waals surface area (Å²) >= 11 is 0. The number of nitrogens with zero attached hydrogens (tertiary/aromatic N) is 1. The lowest BCUT2D eigenvalue weighted by molar-refractivity contribution is -0.136. The van der Waals surface area contributed by atoms with Crippen molar-refractivity contribution in [1.29, 1.82) is 0 Å². The fourth-order valence-corrected chi connectivity index (χ4v) is 2.23. The Bertz CT molecular complexity index is 722. The highest BCUT2D eigenvalue weighted by Gasteiger charge is 2.39. The second kappa shape index (κ2) is 4.08. The van der Waals surface area contributed by atoms with Crippen molar-refractivity contribution >= 4 is 23.4 Å². The molecule has 6 nitrogen and oxygen atoms in total. The van der Waals surface area contributed by atoms with Crippen molar-refractivity contribution in [3.8, 4) is 0 Å². The van der Waals surface area contributed by atoms with Gasteiger partial charge < -0.3 is 10.6 Å². The van der Waals surface area contributed by atoms with Crippen LogP contribution >= 0.6 is 0 Å². The van der Waals surface area contributed by atoms with E-state index in [9.17, 15) is 14.4 Å². The van der Waals surface area contributed by atoms with E-state index in [2.05, 4.69) is 0 Å². The first-order valence-electron chi connectivity index (χ1n) is 7.22. The Balaban J connectivity index is 2.08. The van der Waals surface area contributed by atoms with Crippen LogP contribution in [0.25, 0.3) is 0 Å². The third-order valence-electron chi connectivity index (χ3n) is 3.16. The highest BCUT2D eigenvalue weighted by Crippen LogP contribution is 2.30. The first kappa shape index (κ1) is 8.68. The maximum atomic E-state index is 12.5. The number of hydrogen-bond acceptors (Lipinski definition) is 4. The number of rotatable bonds is 1. The number of carbonyl (C=O) groups is 3. The van der Waals surface area contributed by atoms with E-state index in [-0.39, 0.29) is 12.1 Å². The standard InChI is InChI=1S/C13H13N3O3/c14-9-3-1-2-7-8(9)6-16(13(7)19)10-4-5-11(17)15-12(10)18/h1-3,10H,4-6,14H2,(H,15,17,18)/i4D2,10D. The molecule has 3 rings (SSSR count). The number of amides is 3. The fourth-order valence-electron chi connectivity index (χ4n) is 2.23. The molecule has 2 aliphatic rings. The van der Waals surface area contributed by atoms with E-state index in [1.54, 1.807) is 12.1 Å². The third kappa shape index (κ3) is 1.76. The van der Waals surface area contributed by atoms with E-state index in [0.29, 0.717) is 11.3 Å². The molecule has 0 aliphatic carbocycles. The van der Waals surface area contributed by atoms with Gasteiger partial charge >= 0.3 is 0 Å². The van der Waals surface area contributed by atoms with Gasteiger partial charge in [-0.05, 0) is 18.5 Å². The summed E-state index contributed by atoms with van der Waals surface area (Å²) in [6.07, 6.45) is -3.17. The van der Waals surface area contributed by atoms with Crippen molar-refractivity contribution in [3.05, 3.63) is 29.3 Å². The Morgan fingerprint density at radius 2 is 2.21 bits per heavy atom. The summed E-state index contributed by atoms with van der Waals surface area (Å²) in [5, 5.41) is 1.93. The molecule has 1 aromatic carbocycles. The molecule has 2 aliphatic heterocycles. The van der Waals surface area contributed by atoms with E-state index in [4.69, 9.17) is 9.85 Å². The summed E-state index contributed by atoms with van der Waals surface area (Å²) in [6, 6.07) is 2.15.